The van der Waals surface area contributed by atoms with Crippen LogP contribution in [-0.4, -0.2) is 38.8 Å². The molecular formula is C19H24N4O. The van der Waals surface area contributed by atoms with E-state index >= 15 is 0 Å². The molecule has 1 aliphatic heterocycles. The fourth-order valence-corrected chi connectivity index (χ4v) is 3.29. The van der Waals surface area contributed by atoms with Crippen LogP contribution in [0.15, 0.2) is 30.7 Å². The van der Waals surface area contributed by atoms with Gasteiger partial charge >= 0.3 is 0 Å². The van der Waals surface area contributed by atoms with Gasteiger partial charge in [-0.1, -0.05) is 13.8 Å². The normalized spacial score (nSPS) is 15.8. The van der Waals surface area contributed by atoms with E-state index in [1.165, 1.54) is 0 Å². The largest absolute Gasteiger partial charge is 0.342 e. The van der Waals surface area contributed by atoms with Crippen LogP contribution in [0.3, 0.4) is 0 Å². The van der Waals surface area contributed by atoms with Crippen molar-refractivity contribution in [2.75, 3.05) is 13.1 Å². The SMILES string of the molecule is Cc1ncc(-c2ccncc2)c(C2CCN(C(=O)C(C)C)CC2)n1. The quantitative estimate of drug-likeness (QED) is 0.870. The van der Waals surface area contributed by atoms with E-state index < -0.39 is 0 Å². The Morgan fingerprint density at radius 2 is 1.88 bits per heavy atom. The van der Waals surface area contributed by atoms with E-state index in [1.807, 2.05) is 44.0 Å². The summed E-state index contributed by atoms with van der Waals surface area (Å²) in [4.78, 5) is 27.4. The average Bonchev–Trinajstić information content (AvgIpc) is 2.62. The molecule has 24 heavy (non-hydrogen) atoms. The summed E-state index contributed by atoms with van der Waals surface area (Å²) < 4.78 is 0. The van der Waals surface area contributed by atoms with Crippen LogP contribution in [0.25, 0.3) is 11.1 Å². The fraction of sp³-hybridized carbons (Fsp3) is 0.474. The maximum Gasteiger partial charge on any atom is 0.225 e. The molecule has 0 atom stereocenters. The van der Waals surface area contributed by atoms with Gasteiger partial charge in [-0.15, -0.1) is 0 Å². The van der Waals surface area contributed by atoms with Gasteiger partial charge in [-0.25, -0.2) is 9.97 Å². The third kappa shape index (κ3) is 3.45. The van der Waals surface area contributed by atoms with Crippen molar-refractivity contribution in [3.05, 3.63) is 42.2 Å². The first kappa shape index (κ1) is 16.6. The highest BCUT2D eigenvalue weighted by atomic mass is 16.2. The van der Waals surface area contributed by atoms with Crippen LogP contribution in [-0.2, 0) is 4.79 Å². The standard InChI is InChI=1S/C19H24N4O/c1-13(2)19(24)23-10-6-16(7-11-23)18-17(12-21-14(3)22-18)15-4-8-20-9-5-15/h4-5,8-9,12-13,16H,6-7,10-11H2,1-3H3. The van der Waals surface area contributed by atoms with Crippen molar-refractivity contribution in [2.24, 2.45) is 5.92 Å². The number of carbonyl (C=O) groups excluding carboxylic acids is 1. The first-order valence-electron chi connectivity index (χ1n) is 8.59. The Bertz CT molecular complexity index is 707. The lowest BCUT2D eigenvalue weighted by Gasteiger charge is -2.33. The molecule has 0 radical (unpaired) electrons. The van der Waals surface area contributed by atoms with Crippen LogP contribution in [0, 0.1) is 12.8 Å². The van der Waals surface area contributed by atoms with E-state index in [0.29, 0.717) is 5.92 Å². The van der Waals surface area contributed by atoms with Crippen molar-refractivity contribution in [3.63, 3.8) is 0 Å². The second kappa shape index (κ2) is 7.07. The summed E-state index contributed by atoms with van der Waals surface area (Å²) in [7, 11) is 0. The molecule has 5 heteroatoms. The number of piperidine rings is 1. The smallest absolute Gasteiger partial charge is 0.225 e. The zero-order chi connectivity index (χ0) is 17.1. The number of amides is 1. The minimum absolute atomic E-state index is 0.0650. The molecule has 0 aromatic carbocycles. The number of hydrogen-bond acceptors (Lipinski definition) is 4. The van der Waals surface area contributed by atoms with Crippen molar-refractivity contribution in [3.8, 4) is 11.1 Å². The monoisotopic (exact) mass is 324 g/mol. The van der Waals surface area contributed by atoms with E-state index in [9.17, 15) is 4.79 Å². The molecule has 0 saturated carbocycles. The van der Waals surface area contributed by atoms with Gasteiger partial charge in [0.2, 0.25) is 5.91 Å². The van der Waals surface area contributed by atoms with Crippen LogP contribution in [0.5, 0.6) is 0 Å². The Hall–Kier alpha value is -2.30. The Kier molecular flexibility index (Phi) is 4.88. The number of carbonyl (C=O) groups is 1. The van der Waals surface area contributed by atoms with Gasteiger partial charge in [0, 0.05) is 49.1 Å². The molecule has 0 spiro atoms. The summed E-state index contributed by atoms with van der Waals surface area (Å²) in [6.45, 7) is 7.46. The first-order valence-corrected chi connectivity index (χ1v) is 8.59. The van der Waals surface area contributed by atoms with E-state index in [1.54, 1.807) is 12.4 Å². The van der Waals surface area contributed by atoms with Crippen molar-refractivity contribution in [1.29, 1.82) is 0 Å². The number of pyridine rings is 1. The highest BCUT2D eigenvalue weighted by molar-refractivity contribution is 5.78. The van der Waals surface area contributed by atoms with Gasteiger partial charge in [-0.3, -0.25) is 9.78 Å². The molecule has 2 aromatic rings. The first-order chi connectivity index (χ1) is 11.6. The summed E-state index contributed by atoms with van der Waals surface area (Å²) in [6.07, 6.45) is 7.41. The average molecular weight is 324 g/mol. The molecule has 5 nitrogen and oxygen atoms in total. The molecule has 0 unspecified atom stereocenters. The summed E-state index contributed by atoms with van der Waals surface area (Å²) >= 11 is 0. The van der Waals surface area contributed by atoms with Crippen molar-refractivity contribution in [1.82, 2.24) is 19.9 Å². The van der Waals surface area contributed by atoms with Gasteiger partial charge < -0.3 is 4.90 Å². The third-order valence-electron chi connectivity index (χ3n) is 4.62. The Morgan fingerprint density at radius 3 is 2.50 bits per heavy atom. The van der Waals surface area contributed by atoms with Gasteiger partial charge in [0.25, 0.3) is 0 Å². The van der Waals surface area contributed by atoms with E-state index in [0.717, 1.165) is 48.6 Å². The molecular weight excluding hydrogens is 300 g/mol. The van der Waals surface area contributed by atoms with E-state index in [2.05, 4.69) is 9.97 Å². The molecule has 126 valence electrons. The van der Waals surface area contributed by atoms with Crippen molar-refractivity contribution < 1.29 is 4.79 Å². The van der Waals surface area contributed by atoms with Crippen LogP contribution >= 0.6 is 0 Å². The van der Waals surface area contributed by atoms with Gasteiger partial charge in [0.15, 0.2) is 0 Å². The maximum absolute atomic E-state index is 12.2. The van der Waals surface area contributed by atoms with Crippen molar-refractivity contribution >= 4 is 5.91 Å². The number of aryl methyl sites for hydroxylation is 1. The lowest BCUT2D eigenvalue weighted by atomic mass is 9.88. The second-order valence-corrected chi connectivity index (χ2v) is 6.71. The summed E-state index contributed by atoms with van der Waals surface area (Å²) in [6, 6.07) is 3.99. The predicted octanol–water partition coefficient (Wildman–Crippen LogP) is 3.21. The lowest BCUT2D eigenvalue weighted by molar-refractivity contribution is -0.135. The van der Waals surface area contributed by atoms with Gasteiger partial charge in [-0.05, 0) is 37.5 Å². The Morgan fingerprint density at radius 1 is 1.21 bits per heavy atom. The lowest BCUT2D eigenvalue weighted by Crippen LogP contribution is -2.40. The summed E-state index contributed by atoms with van der Waals surface area (Å²) in [5.41, 5.74) is 3.28. The number of nitrogens with zero attached hydrogens (tertiary/aromatic N) is 4. The second-order valence-electron chi connectivity index (χ2n) is 6.71. The number of likely N-dealkylation sites (tertiary alicyclic amines) is 1. The Labute approximate surface area is 143 Å². The molecule has 0 bridgehead atoms. The number of hydrogen-bond donors (Lipinski definition) is 0. The topological polar surface area (TPSA) is 59.0 Å². The van der Waals surface area contributed by atoms with E-state index in [-0.39, 0.29) is 11.8 Å². The maximum atomic E-state index is 12.2. The molecule has 3 heterocycles. The summed E-state index contributed by atoms with van der Waals surface area (Å²) in [5, 5.41) is 0. The molecule has 1 aliphatic rings. The van der Waals surface area contributed by atoms with Gasteiger partial charge in [0.05, 0.1) is 5.69 Å². The van der Waals surface area contributed by atoms with Crippen LogP contribution in [0.2, 0.25) is 0 Å². The highest BCUT2D eigenvalue weighted by Crippen LogP contribution is 2.33. The minimum atomic E-state index is 0.0650. The molecule has 3 rings (SSSR count). The zero-order valence-electron chi connectivity index (χ0n) is 14.6. The zero-order valence-corrected chi connectivity index (χ0v) is 14.6. The van der Waals surface area contributed by atoms with Crippen LogP contribution < -0.4 is 0 Å². The highest BCUT2D eigenvalue weighted by Gasteiger charge is 2.27. The number of aromatic nitrogens is 3. The Balaban J connectivity index is 1.83. The predicted molar refractivity (Wildman–Crippen MR) is 93.4 cm³/mol. The van der Waals surface area contributed by atoms with Crippen LogP contribution in [0.1, 0.15) is 44.1 Å². The molecule has 1 amide bonds. The molecule has 1 fully saturated rings. The fourth-order valence-electron chi connectivity index (χ4n) is 3.29. The van der Waals surface area contributed by atoms with E-state index in [4.69, 9.17) is 4.98 Å². The molecule has 2 aromatic heterocycles. The number of rotatable bonds is 3. The minimum Gasteiger partial charge on any atom is -0.342 e. The molecule has 0 aliphatic carbocycles. The van der Waals surface area contributed by atoms with Gasteiger partial charge in [-0.2, -0.15) is 0 Å². The third-order valence-corrected chi connectivity index (χ3v) is 4.62. The molecule has 1 saturated heterocycles. The van der Waals surface area contributed by atoms with Crippen LogP contribution in [0.4, 0.5) is 0 Å². The van der Waals surface area contributed by atoms with Crippen molar-refractivity contribution in [2.45, 2.75) is 39.5 Å². The van der Waals surface area contributed by atoms with Gasteiger partial charge in [0.1, 0.15) is 5.82 Å². The molecule has 0 N–H and O–H groups in total. The summed E-state index contributed by atoms with van der Waals surface area (Å²) in [5.74, 6) is 1.48.